The van der Waals surface area contributed by atoms with Crippen molar-refractivity contribution in [1.29, 1.82) is 0 Å². The monoisotopic (exact) mass is 216 g/mol. The van der Waals surface area contributed by atoms with E-state index in [1.54, 1.807) is 0 Å². The van der Waals surface area contributed by atoms with E-state index in [0.717, 1.165) is 37.2 Å². The second kappa shape index (κ2) is 3.91. The van der Waals surface area contributed by atoms with Gasteiger partial charge in [-0.2, -0.15) is 0 Å². The van der Waals surface area contributed by atoms with E-state index in [0.29, 0.717) is 5.92 Å². The van der Waals surface area contributed by atoms with Gasteiger partial charge in [-0.05, 0) is 50.6 Å². The number of piperidine rings is 1. The summed E-state index contributed by atoms with van der Waals surface area (Å²) in [6, 6.07) is 6.33. The van der Waals surface area contributed by atoms with Gasteiger partial charge in [0.1, 0.15) is 0 Å². The Hall–Kier alpha value is -1.35. The van der Waals surface area contributed by atoms with Gasteiger partial charge < -0.3 is 9.84 Å². The molecule has 3 rings (SSSR count). The Kier molecular flexibility index (Phi) is 2.40. The Morgan fingerprint density at radius 1 is 1.31 bits per heavy atom. The summed E-state index contributed by atoms with van der Waals surface area (Å²) in [5.41, 5.74) is 3.30. The molecule has 1 saturated heterocycles. The second-order valence-corrected chi connectivity index (χ2v) is 4.59. The van der Waals surface area contributed by atoms with E-state index >= 15 is 0 Å². The summed E-state index contributed by atoms with van der Waals surface area (Å²) in [4.78, 5) is 0. The largest absolute Gasteiger partial charge is 0.356 e. The summed E-state index contributed by atoms with van der Waals surface area (Å²) in [5.74, 6) is 0.560. The smallest absolute Gasteiger partial charge is 0.167 e. The van der Waals surface area contributed by atoms with Crippen molar-refractivity contribution in [3.05, 3.63) is 29.5 Å². The number of hydrogen-bond donors (Lipinski definition) is 1. The van der Waals surface area contributed by atoms with E-state index in [1.807, 2.05) is 0 Å². The van der Waals surface area contributed by atoms with E-state index < -0.39 is 0 Å². The van der Waals surface area contributed by atoms with Gasteiger partial charge in [-0.1, -0.05) is 11.2 Å². The van der Waals surface area contributed by atoms with E-state index in [1.165, 1.54) is 10.9 Å². The quantitative estimate of drug-likeness (QED) is 0.796. The topological polar surface area (TPSA) is 38.1 Å². The Bertz CT molecular complexity index is 498. The normalized spacial score (nSPS) is 18.1. The van der Waals surface area contributed by atoms with Crippen LogP contribution in [0.2, 0.25) is 0 Å². The number of hydrogen-bond acceptors (Lipinski definition) is 3. The van der Waals surface area contributed by atoms with Crippen LogP contribution >= 0.6 is 0 Å². The fourth-order valence-electron chi connectivity index (χ4n) is 2.45. The fourth-order valence-corrected chi connectivity index (χ4v) is 2.45. The van der Waals surface area contributed by atoms with Gasteiger partial charge in [-0.3, -0.25) is 0 Å². The molecule has 3 nitrogen and oxygen atoms in total. The highest BCUT2D eigenvalue weighted by molar-refractivity contribution is 5.80. The molecule has 0 aliphatic carbocycles. The van der Waals surface area contributed by atoms with Crippen LogP contribution in [0.5, 0.6) is 0 Å². The van der Waals surface area contributed by atoms with Crippen LogP contribution in [0.3, 0.4) is 0 Å². The molecule has 16 heavy (non-hydrogen) atoms. The minimum absolute atomic E-state index is 0.560. The van der Waals surface area contributed by atoms with Crippen molar-refractivity contribution in [3.63, 3.8) is 0 Å². The SMILES string of the molecule is Cc1ccc2c(C3CCNCC3)noc2c1. The number of aromatic nitrogens is 1. The first-order valence-electron chi connectivity index (χ1n) is 5.91. The first-order chi connectivity index (χ1) is 7.84. The highest BCUT2D eigenvalue weighted by Crippen LogP contribution is 2.30. The first-order valence-corrected chi connectivity index (χ1v) is 5.91. The highest BCUT2D eigenvalue weighted by Gasteiger charge is 2.21. The van der Waals surface area contributed by atoms with Crippen LogP contribution in [0.1, 0.15) is 30.0 Å². The number of benzene rings is 1. The number of aryl methyl sites for hydroxylation is 1. The molecule has 0 spiro atoms. The molecule has 2 aromatic rings. The average molecular weight is 216 g/mol. The van der Waals surface area contributed by atoms with Gasteiger partial charge in [0.2, 0.25) is 0 Å². The lowest BCUT2D eigenvalue weighted by molar-refractivity contribution is 0.404. The van der Waals surface area contributed by atoms with Crippen molar-refractivity contribution in [1.82, 2.24) is 10.5 Å². The fraction of sp³-hybridized carbons (Fsp3) is 0.462. The van der Waals surface area contributed by atoms with Gasteiger partial charge in [0.15, 0.2) is 5.58 Å². The van der Waals surface area contributed by atoms with Gasteiger partial charge in [0, 0.05) is 11.3 Å². The number of rotatable bonds is 1. The van der Waals surface area contributed by atoms with Gasteiger partial charge in [-0.15, -0.1) is 0 Å². The molecule has 1 N–H and O–H groups in total. The van der Waals surface area contributed by atoms with E-state index in [4.69, 9.17) is 4.52 Å². The zero-order chi connectivity index (χ0) is 11.0. The van der Waals surface area contributed by atoms with Crippen LogP contribution in [0.4, 0.5) is 0 Å². The van der Waals surface area contributed by atoms with Crippen molar-refractivity contribution < 1.29 is 4.52 Å². The molecule has 1 aromatic carbocycles. The van der Waals surface area contributed by atoms with Crippen molar-refractivity contribution >= 4 is 11.0 Å². The Balaban J connectivity index is 2.03. The van der Waals surface area contributed by atoms with Gasteiger partial charge >= 0.3 is 0 Å². The average Bonchev–Trinajstić information content (AvgIpc) is 2.73. The zero-order valence-corrected chi connectivity index (χ0v) is 9.49. The van der Waals surface area contributed by atoms with E-state index in [-0.39, 0.29) is 0 Å². The molecule has 0 amide bonds. The molecular formula is C13H16N2O. The molecule has 1 aliphatic heterocycles. The first kappa shape index (κ1) is 9.85. The maximum absolute atomic E-state index is 5.41. The van der Waals surface area contributed by atoms with Crippen LogP contribution in [0, 0.1) is 6.92 Å². The Morgan fingerprint density at radius 3 is 2.94 bits per heavy atom. The van der Waals surface area contributed by atoms with Crippen LogP contribution in [0.25, 0.3) is 11.0 Å². The maximum Gasteiger partial charge on any atom is 0.167 e. The predicted octanol–water partition coefficient (Wildman–Crippen LogP) is 2.60. The van der Waals surface area contributed by atoms with Gasteiger partial charge in [0.05, 0.1) is 5.69 Å². The third-order valence-electron chi connectivity index (χ3n) is 3.38. The molecule has 0 radical (unpaired) electrons. The molecule has 1 aliphatic rings. The Labute approximate surface area is 94.8 Å². The highest BCUT2D eigenvalue weighted by atomic mass is 16.5. The third kappa shape index (κ3) is 1.61. The second-order valence-electron chi connectivity index (χ2n) is 4.59. The van der Waals surface area contributed by atoms with Crippen molar-refractivity contribution in [3.8, 4) is 0 Å². The van der Waals surface area contributed by atoms with Crippen molar-refractivity contribution in [2.45, 2.75) is 25.7 Å². The van der Waals surface area contributed by atoms with Crippen molar-refractivity contribution in [2.75, 3.05) is 13.1 Å². The molecule has 0 unspecified atom stereocenters. The van der Waals surface area contributed by atoms with Gasteiger partial charge in [-0.25, -0.2) is 0 Å². The summed E-state index contributed by atoms with van der Waals surface area (Å²) in [6.07, 6.45) is 2.32. The maximum atomic E-state index is 5.41. The van der Waals surface area contributed by atoms with Crippen LogP contribution in [-0.4, -0.2) is 18.2 Å². The lowest BCUT2D eigenvalue weighted by atomic mass is 9.92. The molecule has 0 atom stereocenters. The predicted molar refractivity (Wildman–Crippen MR) is 63.6 cm³/mol. The van der Waals surface area contributed by atoms with E-state index in [9.17, 15) is 0 Å². The zero-order valence-electron chi connectivity index (χ0n) is 9.49. The lowest BCUT2D eigenvalue weighted by Crippen LogP contribution is -2.26. The third-order valence-corrected chi connectivity index (χ3v) is 3.38. The summed E-state index contributed by atoms with van der Waals surface area (Å²) < 4.78 is 5.41. The number of nitrogens with one attached hydrogen (secondary N) is 1. The van der Waals surface area contributed by atoms with Crippen LogP contribution in [0.15, 0.2) is 22.7 Å². The molecule has 3 heteroatoms. The van der Waals surface area contributed by atoms with Crippen LogP contribution < -0.4 is 5.32 Å². The van der Waals surface area contributed by atoms with E-state index in [2.05, 4.69) is 35.6 Å². The van der Waals surface area contributed by atoms with Crippen LogP contribution in [-0.2, 0) is 0 Å². The van der Waals surface area contributed by atoms with Gasteiger partial charge in [0.25, 0.3) is 0 Å². The molecule has 0 saturated carbocycles. The minimum Gasteiger partial charge on any atom is -0.356 e. The summed E-state index contributed by atoms with van der Waals surface area (Å²) in [7, 11) is 0. The summed E-state index contributed by atoms with van der Waals surface area (Å²) in [5, 5.41) is 8.82. The number of nitrogens with zero attached hydrogens (tertiary/aromatic N) is 1. The molecule has 84 valence electrons. The summed E-state index contributed by atoms with van der Waals surface area (Å²) in [6.45, 7) is 4.25. The lowest BCUT2D eigenvalue weighted by Gasteiger charge is -2.20. The number of fused-ring (bicyclic) bond motifs is 1. The molecule has 1 fully saturated rings. The molecular weight excluding hydrogens is 200 g/mol. The Morgan fingerprint density at radius 2 is 2.12 bits per heavy atom. The molecule has 0 bridgehead atoms. The minimum atomic E-state index is 0.560. The van der Waals surface area contributed by atoms with Crippen molar-refractivity contribution in [2.24, 2.45) is 0 Å². The summed E-state index contributed by atoms with van der Waals surface area (Å²) >= 11 is 0. The molecule has 1 aromatic heterocycles. The standard InChI is InChI=1S/C13H16N2O/c1-9-2-3-11-12(8-9)16-15-13(11)10-4-6-14-7-5-10/h2-3,8,10,14H,4-7H2,1H3. The molecule has 2 heterocycles.